The Morgan fingerprint density at radius 3 is 2.21 bits per heavy atom. The maximum atomic E-state index is 13.6. The van der Waals surface area contributed by atoms with Crippen LogP contribution in [0.1, 0.15) is 60.0 Å². The molecule has 8 rings (SSSR count). The highest BCUT2D eigenvalue weighted by Gasteiger charge is 2.39. The van der Waals surface area contributed by atoms with Crippen molar-refractivity contribution in [2.24, 2.45) is 5.92 Å². The lowest BCUT2D eigenvalue weighted by atomic mass is 9.95. The molecule has 6 heterocycles. The van der Waals surface area contributed by atoms with Crippen LogP contribution in [0.4, 0.5) is 30.5 Å². The Bertz CT molecular complexity index is 1960. The minimum absolute atomic E-state index is 0.0189. The Balaban J connectivity index is 0.770. The molecule has 2 unspecified atom stereocenters. The van der Waals surface area contributed by atoms with E-state index in [1.54, 1.807) is 4.90 Å². The molecule has 0 saturated carbocycles. The molecule has 5 aliphatic rings. The van der Waals surface area contributed by atoms with E-state index in [1.165, 1.54) is 0 Å². The van der Waals surface area contributed by atoms with E-state index < -0.39 is 34.7 Å². The van der Waals surface area contributed by atoms with Crippen molar-refractivity contribution in [3.63, 3.8) is 0 Å². The number of rotatable bonds is 9. The van der Waals surface area contributed by atoms with Gasteiger partial charge in [-0.3, -0.25) is 24.6 Å². The van der Waals surface area contributed by atoms with Crippen molar-refractivity contribution in [2.75, 3.05) is 74.0 Å². The molecule has 13 nitrogen and oxygen atoms in total. The van der Waals surface area contributed by atoms with Crippen molar-refractivity contribution >= 4 is 46.0 Å². The molecule has 1 aromatic heterocycles. The Morgan fingerprint density at radius 2 is 1.52 bits per heavy atom. The first-order chi connectivity index (χ1) is 27.0. The van der Waals surface area contributed by atoms with Crippen molar-refractivity contribution in [2.45, 2.75) is 68.2 Å². The molecular weight excluding hydrogens is 748 g/mol. The van der Waals surface area contributed by atoms with Gasteiger partial charge in [0.05, 0.1) is 10.5 Å². The predicted octanol–water partition coefficient (Wildman–Crippen LogP) is 3.89. The predicted molar refractivity (Wildman–Crippen MR) is 204 cm³/mol. The molecule has 2 aromatic carbocycles. The van der Waals surface area contributed by atoms with Crippen LogP contribution in [0.3, 0.4) is 0 Å². The quantitative estimate of drug-likeness (QED) is 0.308. The standard InChI is InChI=1S/C39H46F3N9O4S/c40-39(41,42)28-22-43-38(44-23-28)45-29-10-14-50(15-11-29)56(55)32-3-1-2-30(21-32)49-18-16-47(17-19-49)24-26-8-12-48(13-9-26)31-4-5-33-27(20-31)25-51(37(33)54)34-6-7-35(52)46-36(34)53/h1-5,20-23,26,29,34H,6-19,24-25H2,(H,43,44,45)(H,46,52,53). The Morgan fingerprint density at radius 1 is 0.821 bits per heavy atom. The number of piperidine rings is 3. The highest BCUT2D eigenvalue weighted by Crippen LogP contribution is 2.33. The maximum absolute atomic E-state index is 13.6. The molecule has 17 heteroatoms. The molecule has 3 aromatic rings. The second kappa shape index (κ2) is 16.1. The Hall–Kier alpha value is -4.61. The number of alkyl halides is 3. The van der Waals surface area contributed by atoms with Gasteiger partial charge < -0.3 is 20.0 Å². The van der Waals surface area contributed by atoms with Crippen molar-refractivity contribution in [1.82, 2.24) is 29.4 Å². The molecule has 5 aliphatic heterocycles. The zero-order chi connectivity index (χ0) is 39.0. The van der Waals surface area contributed by atoms with E-state index in [0.29, 0.717) is 50.4 Å². The van der Waals surface area contributed by atoms with Crippen LogP contribution in [0.2, 0.25) is 0 Å². The Kier molecular flexibility index (Phi) is 11.0. The number of nitrogens with zero attached hydrogens (tertiary/aromatic N) is 7. The minimum atomic E-state index is -4.48. The van der Waals surface area contributed by atoms with Gasteiger partial charge in [-0.15, -0.1) is 0 Å². The summed E-state index contributed by atoms with van der Waals surface area (Å²) in [6.45, 7) is 8.17. The van der Waals surface area contributed by atoms with Gasteiger partial charge >= 0.3 is 6.18 Å². The normalized spacial score (nSPS) is 22.7. The van der Waals surface area contributed by atoms with E-state index in [-0.39, 0.29) is 30.2 Å². The fourth-order valence-corrected chi connectivity index (χ4v) is 9.78. The number of halogens is 3. The lowest BCUT2D eigenvalue weighted by Crippen LogP contribution is -2.52. The lowest BCUT2D eigenvalue weighted by molar-refractivity contribution is -0.138. The fourth-order valence-electron chi connectivity index (χ4n) is 8.52. The van der Waals surface area contributed by atoms with Gasteiger partial charge in [-0.2, -0.15) is 13.2 Å². The van der Waals surface area contributed by atoms with Crippen LogP contribution in [0.25, 0.3) is 0 Å². The maximum Gasteiger partial charge on any atom is 0.419 e. The summed E-state index contributed by atoms with van der Waals surface area (Å²) in [4.78, 5) is 54.5. The highest BCUT2D eigenvalue weighted by atomic mass is 32.2. The smallest absolute Gasteiger partial charge is 0.372 e. The molecule has 56 heavy (non-hydrogen) atoms. The van der Waals surface area contributed by atoms with Crippen molar-refractivity contribution < 1.29 is 31.8 Å². The van der Waals surface area contributed by atoms with Crippen LogP contribution in [0.15, 0.2) is 59.8 Å². The first-order valence-electron chi connectivity index (χ1n) is 19.4. The molecular formula is C39H46F3N9O4S. The summed E-state index contributed by atoms with van der Waals surface area (Å²) in [6.07, 6.45) is 1.18. The molecule has 298 valence electrons. The minimum Gasteiger partial charge on any atom is -0.372 e. The number of nitrogens with one attached hydrogen (secondary N) is 2. The fraction of sp³-hybridized carbons (Fsp3) is 0.513. The van der Waals surface area contributed by atoms with Crippen molar-refractivity contribution in [1.29, 1.82) is 0 Å². The third-order valence-corrected chi connectivity index (χ3v) is 13.3. The zero-order valence-corrected chi connectivity index (χ0v) is 31.9. The van der Waals surface area contributed by atoms with E-state index in [4.69, 9.17) is 0 Å². The average molecular weight is 794 g/mol. The third kappa shape index (κ3) is 8.39. The summed E-state index contributed by atoms with van der Waals surface area (Å²) in [5, 5.41) is 5.48. The van der Waals surface area contributed by atoms with Gasteiger partial charge in [-0.25, -0.2) is 18.5 Å². The van der Waals surface area contributed by atoms with E-state index in [1.807, 2.05) is 34.6 Å². The molecule has 0 radical (unpaired) electrons. The van der Waals surface area contributed by atoms with Gasteiger partial charge in [0.15, 0.2) is 0 Å². The van der Waals surface area contributed by atoms with E-state index >= 15 is 0 Å². The number of piperazine rings is 1. The molecule has 2 atom stereocenters. The topological polar surface area (TPSA) is 134 Å². The van der Waals surface area contributed by atoms with Gasteiger partial charge in [0.25, 0.3) is 5.91 Å². The number of carbonyl (C=O) groups excluding carboxylic acids is 3. The molecule has 0 aliphatic carbocycles. The molecule has 2 N–H and O–H groups in total. The molecule has 4 fully saturated rings. The van der Waals surface area contributed by atoms with Crippen molar-refractivity contribution in [3.05, 3.63) is 71.5 Å². The summed E-state index contributed by atoms with van der Waals surface area (Å²) in [5.41, 5.74) is 2.85. The largest absolute Gasteiger partial charge is 0.419 e. The first kappa shape index (κ1) is 38.3. The summed E-state index contributed by atoms with van der Waals surface area (Å²) in [6, 6.07) is 13.3. The first-order valence-corrected chi connectivity index (χ1v) is 20.5. The third-order valence-electron chi connectivity index (χ3n) is 11.8. The lowest BCUT2D eigenvalue weighted by Gasteiger charge is -2.40. The number of imide groups is 1. The number of amides is 3. The van der Waals surface area contributed by atoms with Crippen LogP contribution in [-0.4, -0.2) is 117 Å². The van der Waals surface area contributed by atoms with Crippen LogP contribution in [0.5, 0.6) is 0 Å². The number of aromatic nitrogens is 2. The number of anilines is 3. The number of hydrogen-bond acceptors (Lipinski definition) is 10. The van der Waals surface area contributed by atoms with Crippen LogP contribution >= 0.6 is 0 Å². The van der Waals surface area contributed by atoms with Crippen LogP contribution < -0.4 is 20.4 Å². The SMILES string of the molecule is O=C1CCC(N2Cc3cc(N4CCC(CN5CCN(c6cccc(S(=O)N7CCC(Nc8ncc(C(F)(F)F)cn8)CC7)c6)CC5)CC4)ccc3C2=O)C(=O)N1. The van der Waals surface area contributed by atoms with Gasteiger partial charge in [-0.05, 0) is 80.0 Å². The van der Waals surface area contributed by atoms with Crippen LogP contribution in [0, 0.1) is 5.92 Å². The number of hydrogen-bond donors (Lipinski definition) is 2. The molecule has 0 bridgehead atoms. The van der Waals surface area contributed by atoms with Gasteiger partial charge in [0.1, 0.15) is 17.0 Å². The summed E-state index contributed by atoms with van der Waals surface area (Å²) >= 11 is 0. The van der Waals surface area contributed by atoms with Gasteiger partial charge in [-0.1, -0.05) is 6.07 Å². The van der Waals surface area contributed by atoms with E-state index in [9.17, 15) is 31.8 Å². The second-order valence-electron chi connectivity index (χ2n) is 15.3. The zero-order valence-electron chi connectivity index (χ0n) is 31.0. The average Bonchev–Trinajstić information content (AvgIpc) is 3.53. The van der Waals surface area contributed by atoms with Crippen molar-refractivity contribution in [3.8, 4) is 0 Å². The highest BCUT2D eigenvalue weighted by molar-refractivity contribution is 7.82. The van der Waals surface area contributed by atoms with E-state index in [0.717, 1.165) is 92.9 Å². The summed E-state index contributed by atoms with van der Waals surface area (Å²) in [5.74, 6) is -0.0718. The summed E-state index contributed by atoms with van der Waals surface area (Å²) < 4.78 is 54.0. The molecule has 0 spiro atoms. The monoisotopic (exact) mass is 793 g/mol. The molecule has 4 saturated heterocycles. The second-order valence-corrected chi connectivity index (χ2v) is 16.8. The van der Waals surface area contributed by atoms with Gasteiger partial charge in [0, 0.05) is 107 Å². The number of fused-ring (bicyclic) bond motifs is 1. The Labute approximate surface area is 326 Å². The number of benzene rings is 2. The van der Waals surface area contributed by atoms with Crippen LogP contribution in [-0.2, 0) is 33.3 Å². The summed E-state index contributed by atoms with van der Waals surface area (Å²) in [7, 11) is -1.33. The van der Waals surface area contributed by atoms with E-state index in [2.05, 4.69) is 47.4 Å². The number of carbonyl (C=O) groups is 3. The molecule has 3 amide bonds. The van der Waals surface area contributed by atoms with Gasteiger partial charge in [0.2, 0.25) is 17.8 Å².